The van der Waals surface area contributed by atoms with Gasteiger partial charge in [-0.25, -0.2) is 0 Å². The SMILES string of the molecule is CC1CCC(c2ccc(CC3(N)CC3)cc2)CC1. The van der Waals surface area contributed by atoms with Crippen molar-refractivity contribution in [2.75, 3.05) is 0 Å². The lowest BCUT2D eigenvalue weighted by Gasteiger charge is -2.26. The first-order valence-corrected chi connectivity index (χ1v) is 7.52. The normalized spacial score (nSPS) is 30.1. The third-order valence-corrected chi connectivity index (χ3v) is 4.92. The van der Waals surface area contributed by atoms with Crippen LogP contribution in [0.2, 0.25) is 0 Å². The van der Waals surface area contributed by atoms with Crippen molar-refractivity contribution in [3.05, 3.63) is 35.4 Å². The van der Waals surface area contributed by atoms with Crippen molar-refractivity contribution in [2.24, 2.45) is 11.7 Å². The Hall–Kier alpha value is -0.820. The molecule has 18 heavy (non-hydrogen) atoms. The van der Waals surface area contributed by atoms with Crippen LogP contribution in [0.3, 0.4) is 0 Å². The zero-order valence-corrected chi connectivity index (χ0v) is 11.5. The summed E-state index contributed by atoms with van der Waals surface area (Å²) >= 11 is 0. The summed E-state index contributed by atoms with van der Waals surface area (Å²) in [7, 11) is 0. The monoisotopic (exact) mass is 243 g/mol. The number of rotatable bonds is 3. The summed E-state index contributed by atoms with van der Waals surface area (Å²) in [5.41, 5.74) is 9.28. The highest BCUT2D eigenvalue weighted by atomic mass is 14.8. The molecule has 2 N–H and O–H groups in total. The first-order valence-electron chi connectivity index (χ1n) is 7.52. The van der Waals surface area contributed by atoms with Gasteiger partial charge in [0.05, 0.1) is 0 Å². The van der Waals surface area contributed by atoms with E-state index >= 15 is 0 Å². The van der Waals surface area contributed by atoms with Crippen LogP contribution in [0.1, 0.15) is 62.5 Å². The maximum absolute atomic E-state index is 6.17. The second-order valence-electron chi connectivity index (χ2n) is 6.74. The maximum Gasteiger partial charge on any atom is 0.0196 e. The molecule has 0 spiro atoms. The molecule has 0 unspecified atom stereocenters. The van der Waals surface area contributed by atoms with E-state index in [2.05, 4.69) is 31.2 Å². The van der Waals surface area contributed by atoms with E-state index < -0.39 is 0 Å². The molecule has 0 aliphatic heterocycles. The highest BCUT2D eigenvalue weighted by molar-refractivity contribution is 5.28. The fourth-order valence-electron chi connectivity index (χ4n) is 3.24. The average Bonchev–Trinajstić information content (AvgIpc) is 3.09. The molecule has 2 aliphatic carbocycles. The molecule has 0 bridgehead atoms. The number of hydrogen-bond acceptors (Lipinski definition) is 1. The van der Waals surface area contributed by atoms with Gasteiger partial charge in [-0.1, -0.05) is 44.0 Å². The molecule has 98 valence electrons. The van der Waals surface area contributed by atoms with Crippen LogP contribution in [0.15, 0.2) is 24.3 Å². The molecule has 1 heteroatoms. The van der Waals surface area contributed by atoms with Crippen molar-refractivity contribution >= 4 is 0 Å². The summed E-state index contributed by atoms with van der Waals surface area (Å²) in [5.74, 6) is 1.75. The summed E-state index contributed by atoms with van der Waals surface area (Å²) < 4.78 is 0. The van der Waals surface area contributed by atoms with E-state index in [1.165, 1.54) is 44.1 Å². The Morgan fingerprint density at radius 2 is 1.67 bits per heavy atom. The number of benzene rings is 1. The van der Waals surface area contributed by atoms with Gasteiger partial charge in [0.1, 0.15) is 0 Å². The van der Waals surface area contributed by atoms with Gasteiger partial charge in [0.2, 0.25) is 0 Å². The topological polar surface area (TPSA) is 26.0 Å². The third kappa shape index (κ3) is 2.77. The van der Waals surface area contributed by atoms with E-state index in [4.69, 9.17) is 5.73 Å². The van der Waals surface area contributed by atoms with E-state index in [1.54, 1.807) is 5.56 Å². The smallest absolute Gasteiger partial charge is 0.0196 e. The average molecular weight is 243 g/mol. The van der Waals surface area contributed by atoms with Gasteiger partial charge >= 0.3 is 0 Å². The minimum atomic E-state index is 0.141. The Morgan fingerprint density at radius 1 is 1.06 bits per heavy atom. The lowest BCUT2D eigenvalue weighted by molar-refractivity contribution is 0.348. The van der Waals surface area contributed by atoms with Gasteiger partial charge in [0.25, 0.3) is 0 Å². The van der Waals surface area contributed by atoms with Gasteiger partial charge in [0, 0.05) is 5.54 Å². The molecule has 3 rings (SSSR count). The molecular formula is C17H25N. The Kier molecular flexibility index (Phi) is 3.19. The van der Waals surface area contributed by atoms with Gasteiger partial charge in [-0.15, -0.1) is 0 Å². The van der Waals surface area contributed by atoms with E-state index in [1.807, 2.05) is 0 Å². The molecule has 2 saturated carbocycles. The molecule has 0 heterocycles. The first kappa shape index (κ1) is 12.2. The van der Waals surface area contributed by atoms with Crippen LogP contribution in [0.25, 0.3) is 0 Å². The molecule has 1 nitrogen and oxygen atoms in total. The molecule has 0 radical (unpaired) electrons. The summed E-state index contributed by atoms with van der Waals surface area (Å²) in [4.78, 5) is 0. The standard InChI is InChI=1S/C17H25N/c1-13-2-6-15(7-3-13)16-8-4-14(5-9-16)12-17(18)10-11-17/h4-5,8-9,13,15H,2-3,6-7,10-12,18H2,1H3. The van der Waals surface area contributed by atoms with Crippen LogP contribution in [0.5, 0.6) is 0 Å². The molecule has 0 atom stereocenters. The predicted octanol–water partition coefficient (Wildman–Crippen LogP) is 4.01. The van der Waals surface area contributed by atoms with E-state index in [9.17, 15) is 0 Å². The van der Waals surface area contributed by atoms with Gasteiger partial charge in [-0.05, 0) is 55.1 Å². The molecule has 0 aromatic heterocycles. The third-order valence-electron chi connectivity index (χ3n) is 4.92. The Balaban J connectivity index is 1.63. The maximum atomic E-state index is 6.17. The minimum Gasteiger partial charge on any atom is -0.325 e. The lowest BCUT2D eigenvalue weighted by Crippen LogP contribution is -2.24. The summed E-state index contributed by atoms with van der Waals surface area (Å²) in [6, 6.07) is 9.31. The van der Waals surface area contributed by atoms with Crippen molar-refractivity contribution < 1.29 is 0 Å². The number of nitrogens with two attached hydrogens (primary N) is 1. The second kappa shape index (κ2) is 4.70. The van der Waals surface area contributed by atoms with E-state index in [-0.39, 0.29) is 5.54 Å². The minimum absolute atomic E-state index is 0.141. The highest BCUT2D eigenvalue weighted by Crippen LogP contribution is 2.37. The Morgan fingerprint density at radius 3 is 2.22 bits per heavy atom. The van der Waals surface area contributed by atoms with Crippen LogP contribution in [0, 0.1) is 5.92 Å². The van der Waals surface area contributed by atoms with Crippen LogP contribution in [-0.2, 0) is 6.42 Å². The number of hydrogen-bond donors (Lipinski definition) is 1. The summed E-state index contributed by atoms with van der Waals surface area (Å²) in [5, 5.41) is 0. The van der Waals surface area contributed by atoms with Crippen molar-refractivity contribution in [1.82, 2.24) is 0 Å². The van der Waals surface area contributed by atoms with Crippen LogP contribution >= 0.6 is 0 Å². The van der Waals surface area contributed by atoms with Crippen molar-refractivity contribution in [2.45, 2.75) is 63.3 Å². The zero-order chi connectivity index (χ0) is 12.6. The Bertz CT molecular complexity index is 394. The molecule has 0 saturated heterocycles. The van der Waals surface area contributed by atoms with Crippen molar-refractivity contribution in [3.63, 3.8) is 0 Å². The second-order valence-corrected chi connectivity index (χ2v) is 6.74. The van der Waals surface area contributed by atoms with Crippen molar-refractivity contribution in [3.8, 4) is 0 Å². The molecule has 2 fully saturated rings. The van der Waals surface area contributed by atoms with Gasteiger partial charge in [-0.2, -0.15) is 0 Å². The highest BCUT2D eigenvalue weighted by Gasteiger charge is 2.37. The van der Waals surface area contributed by atoms with Crippen LogP contribution in [-0.4, -0.2) is 5.54 Å². The summed E-state index contributed by atoms with van der Waals surface area (Å²) in [6.45, 7) is 2.38. The van der Waals surface area contributed by atoms with Crippen LogP contribution in [0.4, 0.5) is 0 Å². The van der Waals surface area contributed by atoms with Crippen molar-refractivity contribution in [1.29, 1.82) is 0 Å². The van der Waals surface area contributed by atoms with Gasteiger partial charge in [-0.3, -0.25) is 0 Å². The molecule has 0 amide bonds. The Labute approximate surface area is 111 Å². The van der Waals surface area contributed by atoms with E-state index in [0.29, 0.717) is 0 Å². The fourth-order valence-corrected chi connectivity index (χ4v) is 3.24. The van der Waals surface area contributed by atoms with Crippen LogP contribution < -0.4 is 5.73 Å². The van der Waals surface area contributed by atoms with Gasteiger partial charge < -0.3 is 5.73 Å². The molecule has 1 aromatic rings. The quantitative estimate of drug-likeness (QED) is 0.852. The first-order chi connectivity index (χ1) is 8.65. The zero-order valence-electron chi connectivity index (χ0n) is 11.5. The molecule has 1 aromatic carbocycles. The lowest BCUT2D eigenvalue weighted by atomic mass is 9.79. The molecular weight excluding hydrogens is 218 g/mol. The van der Waals surface area contributed by atoms with E-state index in [0.717, 1.165) is 18.3 Å². The van der Waals surface area contributed by atoms with Gasteiger partial charge in [0.15, 0.2) is 0 Å². The predicted molar refractivity (Wildman–Crippen MR) is 76.7 cm³/mol. The molecule has 2 aliphatic rings. The largest absolute Gasteiger partial charge is 0.325 e. The summed E-state index contributed by atoms with van der Waals surface area (Å²) in [6.07, 6.45) is 9.03. The fraction of sp³-hybridized carbons (Fsp3) is 0.647.